The van der Waals surface area contributed by atoms with E-state index >= 15 is 0 Å². The van der Waals surface area contributed by atoms with Crippen LogP contribution >= 0.6 is 11.3 Å². The Morgan fingerprint density at radius 3 is 3.17 bits per heavy atom. The van der Waals surface area contributed by atoms with Crippen LogP contribution in [-0.2, 0) is 11.3 Å². The molecule has 0 aliphatic carbocycles. The molecular formula is C12H18N4OS. The second-order valence-corrected chi connectivity index (χ2v) is 4.55. The van der Waals surface area contributed by atoms with E-state index < -0.39 is 0 Å². The predicted molar refractivity (Wildman–Crippen MR) is 73.0 cm³/mol. The molecule has 0 aliphatic heterocycles. The Hall–Kier alpha value is -1.40. The van der Waals surface area contributed by atoms with Crippen LogP contribution in [0, 0.1) is 0 Å². The number of nitrogens with zero attached hydrogens (tertiary/aromatic N) is 3. The van der Waals surface area contributed by atoms with Crippen molar-refractivity contribution < 1.29 is 4.74 Å². The first-order chi connectivity index (χ1) is 8.90. The van der Waals surface area contributed by atoms with Crippen molar-refractivity contribution in [3.63, 3.8) is 0 Å². The minimum Gasteiger partial charge on any atom is -0.382 e. The second-order valence-electron chi connectivity index (χ2n) is 3.84. The molecule has 2 aromatic rings. The van der Waals surface area contributed by atoms with Crippen molar-refractivity contribution in [3.8, 4) is 0 Å². The number of hydrogen-bond donors (Lipinski definition) is 1. The fourth-order valence-electron chi connectivity index (χ4n) is 1.61. The van der Waals surface area contributed by atoms with Crippen LogP contribution in [0.25, 0.3) is 0 Å². The summed E-state index contributed by atoms with van der Waals surface area (Å²) in [5.74, 6) is 0.888. The number of ether oxygens (including phenoxy) is 1. The molecule has 1 N–H and O–H groups in total. The van der Waals surface area contributed by atoms with Gasteiger partial charge in [-0.05, 0) is 13.3 Å². The van der Waals surface area contributed by atoms with Crippen molar-refractivity contribution >= 4 is 17.3 Å². The van der Waals surface area contributed by atoms with E-state index in [-0.39, 0.29) is 0 Å². The number of hydrogen-bond acceptors (Lipinski definition) is 5. The Morgan fingerprint density at radius 1 is 1.44 bits per heavy atom. The molecule has 0 atom stereocenters. The van der Waals surface area contributed by atoms with Gasteiger partial charge in [0.05, 0.1) is 17.7 Å². The Bertz CT molecular complexity index is 441. The molecule has 6 heteroatoms. The fraction of sp³-hybridized carbons (Fsp3) is 0.500. The monoisotopic (exact) mass is 266 g/mol. The summed E-state index contributed by atoms with van der Waals surface area (Å²) in [6.07, 6.45) is 4.75. The van der Waals surface area contributed by atoms with Gasteiger partial charge in [0.25, 0.3) is 0 Å². The molecule has 0 saturated carbocycles. The number of imidazole rings is 1. The van der Waals surface area contributed by atoms with Crippen molar-refractivity contribution in [1.29, 1.82) is 0 Å². The lowest BCUT2D eigenvalue weighted by atomic mass is 10.4. The zero-order chi connectivity index (χ0) is 12.6. The number of thiazole rings is 1. The molecule has 2 aromatic heterocycles. The third-order valence-corrected chi connectivity index (χ3v) is 3.12. The quantitative estimate of drug-likeness (QED) is 0.744. The van der Waals surface area contributed by atoms with Crippen LogP contribution in [-0.4, -0.2) is 34.3 Å². The van der Waals surface area contributed by atoms with E-state index in [0.29, 0.717) is 0 Å². The summed E-state index contributed by atoms with van der Waals surface area (Å²) >= 11 is 1.61. The van der Waals surface area contributed by atoms with Crippen molar-refractivity contribution in [2.24, 2.45) is 0 Å². The molecule has 0 saturated heterocycles. The highest BCUT2D eigenvalue weighted by molar-refractivity contribution is 7.07. The normalized spacial score (nSPS) is 10.7. The van der Waals surface area contributed by atoms with Gasteiger partial charge in [-0.1, -0.05) is 0 Å². The van der Waals surface area contributed by atoms with Crippen LogP contribution in [0.5, 0.6) is 0 Å². The summed E-state index contributed by atoms with van der Waals surface area (Å²) in [5.41, 5.74) is 2.91. The Balaban J connectivity index is 1.80. The minimum atomic E-state index is 0.761. The van der Waals surface area contributed by atoms with Crippen molar-refractivity contribution in [2.75, 3.05) is 25.1 Å². The van der Waals surface area contributed by atoms with Gasteiger partial charge in [0.15, 0.2) is 0 Å². The van der Waals surface area contributed by atoms with Gasteiger partial charge in [-0.2, -0.15) is 0 Å². The summed E-state index contributed by atoms with van der Waals surface area (Å²) < 4.78 is 7.36. The summed E-state index contributed by atoms with van der Waals surface area (Å²) in [6.45, 7) is 5.20. The summed E-state index contributed by atoms with van der Waals surface area (Å²) in [4.78, 5) is 8.58. The highest BCUT2D eigenvalue weighted by Gasteiger charge is 2.03. The van der Waals surface area contributed by atoms with Crippen LogP contribution in [0.2, 0.25) is 0 Å². The summed E-state index contributed by atoms with van der Waals surface area (Å²) in [5, 5.41) is 5.37. The predicted octanol–water partition coefficient (Wildman–Crippen LogP) is 2.23. The van der Waals surface area contributed by atoms with Gasteiger partial charge in [-0.3, -0.25) is 0 Å². The van der Waals surface area contributed by atoms with Crippen molar-refractivity contribution in [2.45, 2.75) is 19.9 Å². The molecule has 0 aliphatic rings. The van der Waals surface area contributed by atoms with E-state index in [0.717, 1.165) is 44.4 Å². The SMILES string of the molecule is CCOCCCNc1nccn1Cc1cscn1. The Morgan fingerprint density at radius 2 is 2.39 bits per heavy atom. The zero-order valence-corrected chi connectivity index (χ0v) is 11.3. The standard InChI is InChI=1S/C12H18N4OS/c1-2-17-7-3-4-13-12-14-5-6-16(12)8-11-9-18-10-15-11/h5-6,9-10H,2-4,7-8H2,1H3,(H,13,14). The third-order valence-electron chi connectivity index (χ3n) is 2.48. The number of nitrogens with one attached hydrogen (secondary N) is 1. The second kappa shape index (κ2) is 7.13. The van der Waals surface area contributed by atoms with Crippen LogP contribution < -0.4 is 5.32 Å². The molecule has 98 valence electrons. The molecule has 0 unspecified atom stereocenters. The molecule has 0 aromatic carbocycles. The van der Waals surface area contributed by atoms with Gasteiger partial charge in [0, 0.05) is 37.5 Å². The van der Waals surface area contributed by atoms with Crippen LogP contribution in [0.15, 0.2) is 23.3 Å². The molecule has 18 heavy (non-hydrogen) atoms. The number of aromatic nitrogens is 3. The first kappa shape index (κ1) is 13.0. The van der Waals surface area contributed by atoms with E-state index in [2.05, 4.69) is 25.2 Å². The molecule has 0 radical (unpaired) electrons. The van der Waals surface area contributed by atoms with Crippen molar-refractivity contribution in [3.05, 3.63) is 29.0 Å². The van der Waals surface area contributed by atoms with Gasteiger partial charge >= 0.3 is 0 Å². The first-order valence-corrected chi connectivity index (χ1v) is 7.04. The maximum atomic E-state index is 5.29. The topological polar surface area (TPSA) is 52.0 Å². The highest BCUT2D eigenvalue weighted by atomic mass is 32.1. The van der Waals surface area contributed by atoms with Crippen molar-refractivity contribution in [1.82, 2.24) is 14.5 Å². The summed E-state index contributed by atoms with van der Waals surface area (Å²) in [7, 11) is 0. The van der Waals surface area contributed by atoms with Crippen LogP contribution in [0.4, 0.5) is 5.95 Å². The van der Waals surface area contributed by atoms with E-state index in [1.165, 1.54) is 0 Å². The molecule has 0 bridgehead atoms. The highest BCUT2D eigenvalue weighted by Crippen LogP contribution is 2.09. The lowest BCUT2D eigenvalue weighted by Crippen LogP contribution is -2.11. The van der Waals surface area contributed by atoms with Gasteiger partial charge in [0.2, 0.25) is 5.95 Å². The molecule has 5 nitrogen and oxygen atoms in total. The van der Waals surface area contributed by atoms with Gasteiger partial charge in [-0.15, -0.1) is 11.3 Å². The van der Waals surface area contributed by atoms with Gasteiger partial charge in [-0.25, -0.2) is 9.97 Å². The Labute approximate surface area is 111 Å². The van der Waals surface area contributed by atoms with Gasteiger partial charge in [0.1, 0.15) is 0 Å². The maximum Gasteiger partial charge on any atom is 0.203 e. The first-order valence-electron chi connectivity index (χ1n) is 6.10. The fourth-order valence-corrected chi connectivity index (χ4v) is 2.16. The third kappa shape index (κ3) is 3.82. The summed E-state index contributed by atoms with van der Waals surface area (Å²) in [6, 6.07) is 0. The molecular weight excluding hydrogens is 248 g/mol. The average molecular weight is 266 g/mol. The minimum absolute atomic E-state index is 0.761. The molecule has 0 spiro atoms. The molecule has 2 heterocycles. The largest absolute Gasteiger partial charge is 0.382 e. The van der Waals surface area contributed by atoms with Crippen LogP contribution in [0.1, 0.15) is 19.0 Å². The Kier molecular flexibility index (Phi) is 5.16. The average Bonchev–Trinajstić information content (AvgIpc) is 3.02. The maximum absolute atomic E-state index is 5.29. The molecule has 0 amide bonds. The zero-order valence-electron chi connectivity index (χ0n) is 10.5. The van der Waals surface area contributed by atoms with E-state index in [4.69, 9.17) is 4.74 Å². The van der Waals surface area contributed by atoms with E-state index in [9.17, 15) is 0 Å². The lowest BCUT2D eigenvalue weighted by Gasteiger charge is -2.08. The van der Waals surface area contributed by atoms with Gasteiger partial charge < -0.3 is 14.6 Å². The lowest BCUT2D eigenvalue weighted by molar-refractivity contribution is 0.147. The van der Waals surface area contributed by atoms with E-state index in [1.54, 1.807) is 17.5 Å². The smallest absolute Gasteiger partial charge is 0.203 e. The molecule has 0 fully saturated rings. The number of anilines is 1. The number of rotatable bonds is 8. The molecule has 2 rings (SSSR count). The van der Waals surface area contributed by atoms with Crippen LogP contribution in [0.3, 0.4) is 0 Å². The van der Waals surface area contributed by atoms with E-state index in [1.807, 2.05) is 18.6 Å².